The maximum absolute atomic E-state index is 13.1. The zero-order valence-corrected chi connectivity index (χ0v) is 18.9. The Morgan fingerprint density at radius 2 is 2.10 bits per heavy atom. The van der Waals surface area contributed by atoms with Gasteiger partial charge in [-0.25, -0.2) is 0 Å². The summed E-state index contributed by atoms with van der Waals surface area (Å²) in [4.78, 5) is 13.1. The van der Waals surface area contributed by atoms with Gasteiger partial charge in [-0.2, -0.15) is 0 Å². The summed E-state index contributed by atoms with van der Waals surface area (Å²) in [6.07, 6.45) is 11.8. The molecule has 0 aliphatic heterocycles. The highest BCUT2D eigenvalue weighted by Crippen LogP contribution is 2.62. The van der Waals surface area contributed by atoms with E-state index in [4.69, 9.17) is 4.74 Å². The molecule has 0 saturated heterocycles. The van der Waals surface area contributed by atoms with Gasteiger partial charge in [0, 0.05) is 18.9 Å². The normalized spacial score (nSPS) is 41.1. The van der Waals surface area contributed by atoms with Gasteiger partial charge in [-0.15, -0.1) is 0 Å². The smallest absolute Gasteiger partial charge is 0.159 e. The van der Waals surface area contributed by atoms with Crippen LogP contribution in [-0.2, 0) is 9.53 Å². The molecule has 2 bridgehead atoms. The molecule has 2 saturated carbocycles. The number of aliphatic hydroxyl groups excluding tert-OH is 2. The number of ether oxygens (including phenoxy) is 1. The summed E-state index contributed by atoms with van der Waals surface area (Å²) in [5.74, 6) is 1.46. The molecule has 0 aromatic rings. The minimum Gasteiger partial charge on any atom is -0.393 e. The Hall–Kier alpha value is -1.23. The van der Waals surface area contributed by atoms with Gasteiger partial charge in [0.25, 0.3) is 0 Å². The number of fused-ring (bicyclic) bond motifs is 6. The molecule has 4 rings (SSSR count). The lowest BCUT2D eigenvalue weighted by Crippen LogP contribution is -2.38. The summed E-state index contributed by atoms with van der Waals surface area (Å²) in [7, 11) is 1.65. The molecular formula is C26H38O4. The fraction of sp³-hybridized carbons (Fsp3) is 0.731. The maximum Gasteiger partial charge on any atom is 0.159 e. The van der Waals surface area contributed by atoms with Crippen molar-refractivity contribution < 1.29 is 19.7 Å². The van der Waals surface area contributed by atoms with E-state index in [0.29, 0.717) is 30.6 Å². The molecule has 4 heteroatoms. The highest BCUT2D eigenvalue weighted by molar-refractivity contribution is 5.93. The number of methoxy groups -OCH3 is 1. The number of allylic oxidation sites excluding steroid dienone is 4. The van der Waals surface area contributed by atoms with Crippen molar-refractivity contribution in [3.8, 4) is 0 Å². The van der Waals surface area contributed by atoms with Crippen LogP contribution in [0, 0.1) is 29.1 Å². The van der Waals surface area contributed by atoms with Crippen molar-refractivity contribution in [2.75, 3.05) is 7.11 Å². The van der Waals surface area contributed by atoms with E-state index in [-0.39, 0.29) is 29.3 Å². The van der Waals surface area contributed by atoms with E-state index in [0.717, 1.165) is 32.1 Å². The number of rotatable bonds is 4. The first-order valence-corrected chi connectivity index (χ1v) is 11.8. The van der Waals surface area contributed by atoms with Crippen LogP contribution in [-0.4, -0.2) is 41.4 Å². The third-order valence-electron chi connectivity index (χ3n) is 8.69. The van der Waals surface area contributed by atoms with Gasteiger partial charge in [-0.3, -0.25) is 4.79 Å². The molecule has 0 spiro atoms. The van der Waals surface area contributed by atoms with Gasteiger partial charge in [0.2, 0.25) is 0 Å². The van der Waals surface area contributed by atoms with Gasteiger partial charge < -0.3 is 14.9 Å². The number of carbonyl (C=O) groups is 1. The Kier molecular flexibility index (Phi) is 6.13. The summed E-state index contributed by atoms with van der Waals surface area (Å²) in [5.41, 5.74) is 4.23. The zero-order valence-electron chi connectivity index (χ0n) is 18.9. The first-order chi connectivity index (χ1) is 14.2. The van der Waals surface area contributed by atoms with Crippen LogP contribution in [0.4, 0.5) is 0 Å². The first-order valence-electron chi connectivity index (χ1n) is 11.8. The number of hydrogen-bond acceptors (Lipinski definition) is 4. The molecular weight excluding hydrogens is 376 g/mol. The summed E-state index contributed by atoms with van der Waals surface area (Å²) in [6, 6.07) is 0. The van der Waals surface area contributed by atoms with Crippen LogP contribution in [0.15, 0.2) is 34.9 Å². The monoisotopic (exact) mass is 414 g/mol. The van der Waals surface area contributed by atoms with E-state index in [1.54, 1.807) is 14.0 Å². The van der Waals surface area contributed by atoms with Crippen LogP contribution in [0.3, 0.4) is 0 Å². The summed E-state index contributed by atoms with van der Waals surface area (Å²) in [5, 5.41) is 20.2. The Morgan fingerprint density at radius 3 is 2.80 bits per heavy atom. The summed E-state index contributed by atoms with van der Waals surface area (Å²) >= 11 is 0. The molecule has 0 amide bonds. The molecule has 0 heterocycles. The van der Waals surface area contributed by atoms with Crippen molar-refractivity contribution in [3.63, 3.8) is 0 Å². The minimum absolute atomic E-state index is 0.0505. The molecule has 4 nitrogen and oxygen atoms in total. The maximum atomic E-state index is 13.1. The van der Waals surface area contributed by atoms with Gasteiger partial charge in [0.15, 0.2) is 5.78 Å². The standard InChI is InChI=1S/C26H38O4/c1-15(11-25(30-4)16(2)27)22-7-8-23-21-14-24(29)18-12-17(5-6-19(28)13-18)20(21)9-10-26(22,23)3/h5,11,14,16,18-20,22-23,25,27-28H,6-10,12-13H2,1-4H3/b15-11+/t16-,18+,19+,20-,22?,23+,25-,26-/m1/s1. The van der Waals surface area contributed by atoms with Crippen LogP contribution in [0.5, 0.6) is 0 Å². The second-order valence-corrected chi connectivity index (χ2v) is 10.5. The Morgan fingerprint density at radius 1 is 1.33 bits per heavy atom. The van der Waals surface area contributed by atoms with E-state index in [2.05, 4.69) is 26.0 Å². The molecule has 0 radical (unpaired) electrons. The molecule has 1 unspecified atom stereocenters. The first kappa shape index (κ1) is 22.0. The summed E-state index contributed by atoms with van der Waals surface area (Å²) in [6.45, 7) is 6.38. The largest absolute Gasteiger partial charge is 0.393 e. The Balaban J connectivity index is 1.65. The zero-order chi connectivity index (χ0) is 21.6. The molecule has 0 aromatic carbocycles. The van der Waals surface area contributed by atoms with Crippen LogP contribution in [0.1, 0.15) is 65.7 Å². The van der Waals surface area contributed by atoms with Crippen molar-refractivity contribution in [1.82, 2.24) is 0 Å². The molecule has 4 aliphatic rings. The minimum atomic E-state index is -0.529. The van der Waals surface area contributed by atoms with E-state index < -0.39 is 6.10 Å². The molecule has 8 atom stereocenters. The molecule has 4 aliphatic carbocycles. The molecule has 30 heavy (non-hydrogen) atoms. The van der Waals surface area contributed by atoms with Gasteiger partial charge in [-0.1, -0.05) is 35.8 Å². The van der Waals surface area contributed by atoms with Crippen molar-refractivity contribution in [1.29, 1.82) is 0 Å². The molecule has 0 aromatic heterocycles. The number of aliphatic hydroxyl groups is 2. The lowest BCUT2D eigenvalue weighted by molar-refractivity contribution is -0.119. The van der Waals surface area contributed by atoms with Crippen molar-refractivity contribution >= 4 is 5.78 Å². The molecule has 166 valence electrons. The van der Waals surface area contributed by atoms with Gasteiger partial charge in [0.1, 0.15) is 6.10 Å². The predicted octanol–water partition coefficient (Wildman–Crippen LogP) is 4.37. The number of ketones is 1. The fourth-order valence-electron chi connectivity index (χ4n) is 7.07. The van der Waals surface area contributed by atoms with E-state index in [1.165, 1.54) is 16.7 Å². The molecule has 2 N–H and O–H groups in total. The quantitative estimate of drug-likeness (QED) is 0.671. The van der Waals surface area contributed by atoms with Crippen LogP contribution in [0.25, 0.3) is 0 Å². The van der Waals surface area contributed by atoms with E-state index >= 15 is 0 Å². The van der Waals surface area contributed by atoms with Crippen molar-refractivity contribution in [2.45, 2.75) is 84.0 Å². The lowest BCUT2D eigenvalue weighted by Gasteiger charge is -2.46. The van der Waals surface area contributed by atoms with Gasteiger partial charge >= 0.3 is 0 Å². The Bertz CT molecular complexity index is 776. The predicted molar refractivity (Wildman–Crippen MR) is 118 cm³/mol. The van der Waals surface area contributed by atoms with E-state index in [1.807, 2.05) is 6.08 Å². The summed E-state index contributed by atoms with van der Waals surface area (Å²) < 4.78 is 5.48. The fourth-order valence-corrected chi connectivity index (χ4v) is 7.07. The Labute approximate surface area is 181 Å². The average molecular weight is 415 g/mol. The number of hydrogen-bond donors (Lipinski definition) is 2. The second-order valence-electron chi connectivity index (χ2n) is 10.5. The SMILES string of the molecule is CO[C@H](/C=C(\C)C1CC[C@H]2C3=CC(=O)[C@H]4CC(=CC[C@H](O)C4)[C@H]3CC[C@]12C)[C@@H](C)O. The van der Waals surface area contributed by atoms with Gasteiger partial charge in [-0.05, 0) is 82.1 Å². The van der Waals surface area contributed by atoms with E-state index in [9.17, 15) is 15.0 Å². The van der Waals surface area contributed by atoms with Crippen LogP contribution in [0.2, 0.25) is 0 Å². The second kappa shape index (κ2) is 8.37. The average Bonchev–Trinajstić information content (AvgIpc) is 2.84. The third-order valence-corrected chi connectivity index (χ3v) is 8.69. The third kappa shape index (κ3) is 3.76. The highest BCUT2D eigenvalue weighted by Gasteiger charge is 2.53. The van der Waals surface area contributed by atoms with Crippen molar-refractivity contribution in [2.24, 2.45) is 29.1 Å². The van der Waals surface area contributed by atoms with Gasteiger partial charge in [0.05, 0.1) is 12.2 Å². The van der Waals surface area contributed by atoms with Crippen LogP contribution >= 0.6 is 0 Å². The molecule has 2 fully saturated rings. The lowest BCUT2D eigenvalue weighted by atomic mass is 9.58. The number of carbonyl (C=O) groups excluding carboxylic acids is 1. The topological polar surface area (TPSA) is 66.8 Å². The van der Waals surface area contributed by atoms with Crippen LogP contribution < -0.4 is 0 Å². The van der Waals surface area contributed by atoms with Crippen molar-refractivity contribution in [3.05, 3.63) is 34.9 Å². The highest BCUT2D eigenvalue weighted by atomic mass is 16.5.